The second-order valence-corrected chi connectivity index (χ2v) is 6.48. The molecule has 110 valence electrons. The molecule has 4 heteroatoms. The van der Waals surface area contributed by atoms with Gasteiger partial charge in [0.25, 0.3) is 0 Å². The molecule has 0 radical (unpaired) electrons. The number of hydrogen-bond donors (Lipinski definition) is 1. The third-order valence-corrected chi connectivity index (χ3v) is 4.93. The third kappa shape index (κ3) is 3.26. The van der Waals surface area contributed by atoms with Crippen molar-refractivity contribution in [3.05, 3.63) is 29.6 Å². The van der Waals surface area contributed by atoms with Crippen LogP contribution < -0.4 is 10.1 Å². The van der Waals surface area contributed by atoms with E-state index in [-0.39, 0.29) is 11.9 Å². The van der Waals surface area contributed by atoms with Gasteiger partial charge in [-0.2, -0.15) is 0 Å². The Balaban J connectivity index is 1.44. The number of halogens is 2. The summed E-state index contributed by atoms with van der Waals surface area (Å²) >= 11 is 6.36. The molecule has 1 N–H and O–H groups in total. The third-order valence-electron chi connectivity index (χ3n) is 4.36. The summed E-state index contributed by atoms with van der Waals surface area (Å²) in [7, 11) is 0. The molecule has 1 heterocycles. The molecule has 1 aliphatic heterocycles. The van der Waals surface area contributed by atoms with Gasteiger partial charge in [0.15, 0.2) is 0 Å². The van der Waals surface area contributed by atoms with Crippen molar-refractivity contribution in [3.8, 4) is 5.75 Å². The lowest BCUT2D eigenvalue weighted by molar-refractivity contribution is 0.221. The van der Waals surface area contributed by atoms with Gasteiger partial charge in [0.1, 0.15) is 17.7 Å². The molecule has 0 spiro atoms. The molecule has 1 aromatic carbocycles. The Morgan fingerprint density at radius 3 is 2.95 bits per heavy atom. The average molecular weight is 298 g/mol. The van der Waals surface area contributed by atoms with Crippen LogP contribution in [0.3, 0.4) is 0 Å². The van der Waals surface area contributed by atoms with Gasteiger partial charge in [-0.25, -0.2) is 4.39 Å². The van der Waals surface area contributed by atoms with Gasteiger partial charge < -0.3 is 10.1 Å². The minimum Gasteiger partial charge on any atom is -0.488 e. The van der Waals surface area contributed by atoms with E-state index in [0.29, 0.717) is 11.3 Å². The number of hydrogen-bond acceptors (Lipinski definition) is 2. The first kappa shape index (κ1) is 14.2. The summed E-state index contributed by atoms with van der Waals surface area (Å²) in [6.45, 7) is 1.76. The van der Waals surface area contributed by atoms with Crippen LogP contribution in [0.2, 0.25) is 0 Å². The minimum atomic E-state index is -0.187. The van der Waals surface area contributed by atoms with E-state index in [1.165, 1.54) is 25.3 Å². The van der Waals surface area contributed by atoms with E-state index in [4.69, 9.17) is 16.3 Å². The fourth-order valence-corrected chi connectivity index (χ4v) is 3.59. The van der Waals surface area contributed by atoms with Gasteiger partial charge in [-0.1, -0.05) is 12.8 Å². The van der Waals surface area contributed by atoms with Crippen LogP contribution in [0.4, 0.5) is 4.39 Å². The van der Waals surface area contributed by atoms with Crippen LogP contribution in [-0.2, 0) is 6.42 Å². The largest absolute Gasteiger partial charge is 0.488 e. The monoisotopic (exact) mass is 297 g/mol. The van der Waals surface area contributed by atoms with Gasteiger partial charge in [0.05, 0.1) is 0 Å². The van der Waals surface area contributed by atoms with E-state index >= 15 is 0 Å². The van der Waals surface area contributed by atoms with E-state index in [1.807, 2.05) is 0 Å². The van der Waals surface area contributed by atoms with Gasteiger partial charge >= 0.3 is 0 Å². The highest BCUT2D eigenvalue weighted by Gasteiger charge is 2.25. The van der Waals surface area contributed by atoms with Crippen LogP contribution in [0.5, 0.6) is 5.75 Å². The van der Waals surface area contributed by atoms with Gasteiger partial charge in [-0.3, -0.25) is 0 Å². The minimum absolute atomic E-state index is 0.115. The first-order chi connectivity index (χ1) is 9.72. The van der Waals surface area contributed by atoms with E-state index in [0.717, 1.165) is 37.2 Å². The van der Waals surface area contributed by atoms with E-state index in [9.17, 15) is 4.39 Å². The molecule has 1 saturated carbocycles. The van der Waals surface area contributed by atoms with Crippen molar-refractivity contribution in [2.45, 2.75) is 43.6 Å². The standard InChI is InChI=1S/C16H21ClFNO/c17-15-4-2-1-3-11(15)9-19-10-14-8-12-7-13(18)5-6-16(12)20-14/h5-7,11,14-15,19H,1-4,8-10H2. The zero-order valence-electron chi connectivity index (χ0n) is 11.6. The maximum absolute atomic E-state index is 13.1. The molecule has 2 aliphatic rings. The topological polar surface area (TPSA) is 21.3 Å². The summed E-state index contributed by atoms with van der Waals surface area (Å²) in [4.78, 5) is 0. The van der Waals surface area contributed by atoms with E-state index in [2.05, 4.69) is 5.32 Å². The fraction of sp³-hybridized carbons (Fsp3) is 0.625. The van der Waals surface area contributed by atoms with Crippen molar-refractivity contribution >= 4 is 11.6 Å². The Labute approximate surface area is 124 Å². The lowest BCUT2D eigenvalue weighted by atomic mass is 9.89. The Kier molecular flexibility index (Phi) is 4.47. The number of ether oxygens (including phenoxy) is 1. The molecule has 1 aliphatic carbocycles. The van der Waals surface area contributed by atoms with Crippen LogP contribution in [0.1, 0.15) is 31.2 Å². The molecular weight excluding hydrogens is 277 g/mol. The molecule has 0 saturated heterocycles. The Bertz CT molecular complexity index is 468. The van der Waals surface area contributed by atoms with Crippen molar-refractivity contribution in [2.75, 3.05) is 13.1 Å². The van der Waals surface area contributed by atoms with Crippen molar-refractivity contribution in [1.82, 2.24) is 5.32 Å². The molecule has 3 rings (SSSR count). The summed E-state index contributed by atoms with van der Waals surface area (Å²) in [5.41, 5.74) is 0.977. The van der Waals surface area contributed by atoms with Crippen molar-refractivity contribution in [2.24, 2.45) is 5.92 Å². The molecule has 0 bridgehead atoms. The zero-order valence-corrected chi connectivity index (χ0v) is 12.3. The predicted octanol–water partition coefficient (Wildman–Crippen LogP) is 3.52. The molecule has 1 aromatic rings. The fourth-order valence-electron chi connectivity index (χ4n) is 3.22. The Morgan fingerprint density at radius 2 is 2.10 bits per heavy atom. The zero-order chi connectivity index (χ0) is 13.9. The van der Waals surface area contributed by atoms with Crippen molar-refractivity contribution < 1.29 is 9.13 Å². The van der Waals surface area contributed by atoms with Crippen molar-refractivity contribution in [3.63, 3.8) is 0 Å². The maximum Gasteiger partial charge on any atom is 0.123 e. The quantitative estimate of drug-likeness (QED) is 0.859. The Morgan fingerprint density at radius 1 is 1.25 bits per heavy atom. The summed E-state index contributed by atoms with van der Waals surface area (Å²) in [6.07, 6.45) is 5.81. The number of rotatable bonds is 4. The van der Waals surface area contributed by atoms with E-state index in [1.54, 1.807) is 12.1 Å². The van der Waals surface area contributed by atoms with Crippen molar-refractivity contribution in [1.29, 1.82) is 0 Å². The molecule has 0 aromatic heterocycles. The number of benzene rings is 1. The summed E-state index contributed by atoms with van der Waals surface area (Å²) < 4.78 is 19.0. The highest BCUT2D eigenvalue weighted by Crippen LogP contribution is 2.30. The molecule has 3 atom stereocenters. The second-order valence-electron chi connectivity index (χ2n) is 5.91. The van der Waals surface area contributed by atoms with Gasteiger partial charge in [0.2, 0.25) is 0 Å². The second kappa shape index (κ2) is 6.31. The first-order valence-electron chi connectivity index (χ1n) is 7.52. The van der Waals surface area contributed by atoms with Crippen LogP contribution in [0.25, 0.3) is 0 Å². The van der Waals surface area contributed by atoms with Crippen LogP contribution >= 0.6 is 11.6 Å². The highest BCUT2D eigenvalue weighted by molar-refractivity contribution is 6.20. The van der Waals surface area contributed by atoms with E-state index < -0.39 is 0 Å². The first-order valence-corrected chi connectivity index (χ1v) is 7.96. The van der Waals surface area contributed by atoms with Crippen LogP contribution in [0.15, 0.2) is 18.2 Å². The molecular formula is C16H21ClFNO. The number of nitrogens with one attached hydrogen (secondary N) is 1. The summed E-state index contributed by atoms with van der Waals surface area (Å²) in [5.74, 6) is 1.21. The molecule has 1 fully saturated rings. The Hall–Kier alpha value is -0.800. The predicted molar refractivity (Wildman–Crippen MR) is 79.0 cm³/mol. The molecule has 3 unspecified atom stereocenters. The average Bonchev–Trinajstić information content (AvgIpc) is 2.83. The lowest BCUT2D eigenvalue weighted by Gasteiger charge is -2.27. The molecule has 0 amide bonds. The maximum atomic E-state index is 13.1. The van der Waals surface area contributed by atoms with Crippen LogP contribution in [0, 0.1) is 11.7 Å². The molecule has 20 heavy (non-hydrogen) atoms. The van der Waals surface area contributed by atoms with Gasteiger partial charge in [-0.05, 0) is 43.5 Å². The summed E-state index contributed by atoms with van der Waals surface area (Å²) in [5, 5.41) is 3.79. The van der Waals surface area contributed by atoms with Gasteiger partial charge in [0, 0.05) is 23.9 Å². The van der Waals surface area contributed by atoms with Gasteiger partial charge in [-0.15, -0.1) is 11.6 Å². The highest BCUT2D eigenvalue weighted by atomic mass is 35.5. The smallest absolute Gasteiger partial charge is 0.123 e. The SMILES string of the molecule is Fc1ccc2c(c1)CC(CNCC1CCCCC1Cl)O2. The number of alkyl halides is 1. The summed E-state index contributed by atoms with van der Waals surface area (Å²) in [6, 6.07) is 4.75. The lowest BCUT2D eigenvalue weighted by Crippen LogP contribution is -2.36. The molecule has 2 nitrogen and oxygen atoms in total. The normalized spacial score (nSPS) is 29.0. The number of fused-ring (bicyclic) bond motifs is 1. The van der Waals surface area contributed by atoms with Crippen LogP contribution in [-0.4, -0.2) is 24.6 Å².